The summed E-state index contributed by atoms with van der Waals surface area (Å²) < 4.78 is 63.7. The Labute approximate surface area is 165 Å². The van der Waals surface area contributed by atoms with E-state index in [-0.39, 0.29) is 23.5 Å². The third-order valence-corrected chi connectivity index (χ3v) is 7.61. The second kappa shape index (κ2) is 7.26. The van der Waals surface area contributed by atoms with E-state index in [1.54, 1.807) is 12.4 Å². The molecule has 7 nitrogen and oxygen atoms in total. The number of rotatable bonds is 6. The molecule has 1 N–H and O–H groups in total. The minimum Gasteiger partial charge on any atom is -0.345 e. The van der Waals surface area contributed by atoms with Gasteiger partial charge >= 0.3 is 6.18 Å². The summed E-state index contributed by atoms with van der Waals surface area (Å²) in [5.74, 6) is -0.287. The first kappa shape index (κ1) is 20.1. The van der Waals surface area contributed by atoms with Gasteiger partial charge in [-0.1, -0.05) is 13.3 Å². The predicted octanol–water partition coefficient (Wildman–Crippen LogP) is 3.49. The molecule has 1 aliphatic carbocycles. The Kier molecular flexibility index (Phi) is 5.04. The van der Waals surface area contributed by atoms with E-state index in [0.717, 1.165) is 17.8 Å². The number of hydrogen-bond acceptors (Lipinski definition) is 5. The number of nitrogens with zero attached hydrogens (tertiary/aromatic N) is 4. The van der Waals surface area contributed by atoms with Crippen molar-refractivity contribution in [3.8, 4) is 0 Å². The number of alkyl halides is 3. The lowest BCUT2D eigenvalue weighted by atomic mass is 9.93. The Morgan fingerprint density at radius 2 is 2.07 bits per heavy atom. The summed E-state index contributed by atoms with van der Waals surface area (Å²) in [7, 11) is -3.77. The molecule has 0 bridgehead atoms. The van der Waals surface area contributed by atoms with E-state index in [9.17, 15) is 21.6 Å². The predicted molar refractivity (Wildman–Crippen MR) is 101 cm³/mol. The van der Waals surface area contributed by atoms with Crippen molar-refractivity contribution >= 4 is 26.6 Å². The van der Waals surface area contributed by atoms with Gasteiger partial charge in [0.25, 0.3) is 0 Å². The molecule has 3 aromatic heterocycles. The topological polar surface area (TPSA) is 93.0 Å². The highest BCUT2D eigenvalue weighted by atomic mass is 32.2. The molecule has 0 aliphatic heterocycles. The van der Waals surface area contributed by atoms with E-state index in [1.165, 1.54) is 0 Å². The maximum Gasteiger partial charge on any atom is 0.390 e. The zero-order valence-corrected chi connectivity index (χ0v) is 16.7. The smallest absolute Gasteiger partial charge is 0.345 e. The summed E-state index contributed by atoms with van der Waals surface area (Å²) >= 11 is 0. The van der Waals surface area contributed by atoms with E-state index in [0.29, 0.717) is 24.1 Å². The molecule has 29 heavy (non-hydrogen) atoms. The van der Waals surface area contributed by atoms with Crippen LogP contribution in [-0.4, -0.2) is 50.7 Å². The van der Waals surface area contributed by atoms with Crippen molar-refractivity contribution in [1.29, 1.82) is 0 Å². The maximum absolute atomic E-state index is 12.4. The number of halogens is 3. The van der Waals surface area contributed by atoms with Gasteiger partial charge in [0.2, 0.25) is 0 Å². The van der Waals surface area contributed by atoms with Crippen LogP contribution in [-0.2, 0) is 9.84 Å². The van der Waals surface area contributed by atoms with Gasteiger partial charge in [0, 0.05) is 12.1 Å². The Morgan fingerprint density at radius 3 is 2.79 bits per heavy atom. The molecule has 1 fully saturated rings. The second-order valence-corrected chi connectivity index (χ2v) is 10.0. The number of sulfone groups is 1. The lowest BCUT2D eigenvalue weighted by Gasteiger charge is -2.16. The quantitative estimate of drug-likeness (QED) is 0.647. The molecule has 0 amide bonds. The van der Waals surface area contributed by atoms with Gasteiger partial charge in [-0.25, -0.2) is 13.4 Å². The lowest BCUT2D eigenvalue weighted by molar-refractivity contribution is -0.129. The van der Waals surface area contributed by atoms with Gasteiger partial charge in [-0.15, -0.1) is 10.2 Å². The van der Waals surface area contributed by atoms with Crippen molar-refractivity contribution in [3.63, 3.8) is 0 Å². The standard InChI is InChI=1S/C18H22F3N5O2S/c1-2-12-7-11(10-29(27,28)6-4-18(19,20)21)8-13(12)17-25-24-15-9-23-16-14(26(15)17)3-5-22-16/h3,5,9,11-13,22H,2,4,6-8,10H2,1H3/t11-,12+,13?/m0/s1. The van der Waals surface area contributed by atoms with Crippen LogP contribution in [0, 0.1) is 11.8 Å². The number of aromatic nitrogens is 5. The summed E-state index contributed by atoms with van der Waals surface area (Å²) in [6, 6.07) is 1.89. The van der Waals surface area contributed by atoms with Crippen molar-refractivity contribution in [2.24, 2.45) is 11.8 Å². The highest BCUT2D eigenvalue weighted by Gasteiger charge is 2.39. The summed E-state index contributed by atoms with van der Waals surface area (Å²) in [5.41, 5.74) is 2.16. The van der Waals surface area contributed by atoms with Crippen LogP contribution in [0.5, 0.6) is 0 Å². The van der Waals surface area contributed by atoms with Crippen LogP contribution in [0.2, 0.25) is 0 Å². The Hall–Kier alpha value is -2.17. The molecule has 0 aromatic carbocycles. The molecule has 3 aromatic rings. The van der Waals surface area contributed by atoms with Gasteiger partial charge in [-0.3, -0.25) is 4.40 Å². The molecular formula is C18H22F3N5O2S. The molecule has 158 valence electrons. The largest absolute Gasteiger partial charge is 0.390 e. The summed E-state index contributed by atoms with van der Waals surface area (Å²) in [6.45, 7) is 2.04. The van der Waals surface area contributed by atoms with Crippen LogP contribution in [0.15, 0.2) is 18.5 Å². The lowest BCUT2D eigenvalue weighted by Crippen LogP contribution is -2.22. The SMILES string of the molecule is CC[C@@H]1C[C@H](CS(=O)(=O)CCC(F)(F)F)CC1c1nnc2cnc3[nH]ccc3n12. The van der Waals surface area contributed by atoms with Crippen LogP contribution >= 0.6 is 0 Å². The zero-order valence-electron chi connectivity index (χ0n) is 15.9. The van der Waals surface area contributed by atoms with Crippen LogP contribution in [0.1, 0.15) is 44.3 Å². The van der Waals surface area contributed by atoms with Crippen molar-refractivity contribution < 1.29 is 21.6 Å². The van der Waals surface area contributed by atoms with Gasteiger partial charge in [0.1, 0.15) is 5.82 Å². The van der Waals surface area contributed by atoms with E-state index in [4.69, 9.17) is 0 Å². The molecule has 0 radical (unpaired) electrons. The van der Waals surface area contributed by atoms with E-state index < -0.39 is 28.2 Å². The number of aromatic amines is 1. The number of fused-ring (bicyclic) bond motifs is 3. The third kappa shape index (κ3) is 4.10. The fraction of sp³-hybridized carbons (Fsp3) is 0.611. The molecule has 11 heteroatoms. The van der Waals surface area contributed by atoms with Crippen molar-refractivity contribution in [1.82, 2.24) is 24.6 Å². The maximum atomic E-state index is 12.4. The monoisotopic (exact) mass is 429 g/mol. The summed E-state index contributed by atoms with van der Waals surface area (Å²) in [5, 5.41) is 8.58. The minimum atomic E-state index is -4.46. The van der Waals surface area contributed by atoms with Gasteiger partial charge in [-0.2, -0.15) is 13.2 Å². The Bertz CT molecular complexity index is 1120. The molecule has 1 unspecified atom stereocenters. The van der Waals surface area contributed by atoms with Crippen molar-refractivity contribution in [3.05, 3.63) is 24.3 Å². The second-order valence-electron chi connectivity index (χ2n) is 7.81. The third-order valence-electron chi connectivity index (χ3n) is 5.80. The summed E-state index contributed by atoms with van der Waals surface area (Å²) in [6.07, 6.45) is -0.293. The van der Waals surface area contributed by atoms with Gasteiger partial charge in [0.05, 0.1) is 29.6 Å². The molecule has 1 saturated carbocycles. The Morgan fingerprint density at radius 1 is 1.28 bits per heavy atom. The first-order valence-electron chi connectivity index (χ1n) is 9.61. The van der Waals surface area contributed by atoms with Crippen LogP contribution < -0.4 is 0 Å². The Balaban J connectivity index is 1.58. The fourth-order valence-corrected chi connectivity index (χ4v) is 6.20. The van der Waals surface area contributed by atoms with Gasteiger partial charge < -0.3 is 4.98 Å². The first-order valence-corrected chi connectivity index (χ1v) is 11.4. The van der Waals surface area contributed by atoms with Crippen LogP contribution in [0.4, 0.5) is 13.2 Å². The van der Waals surface area contributed by atoms with E-state index >= 15 is 0 Å². The highest BCUT2D eigenvalue weighted by Crippen LogP contribution is 2.45. The van der Waals surface area contributed by atoms with Crippen LogP contribution in [0.25, 0.3) is 16.8 Å². The minimum absolute atomic E-state index is 0.00156. The fourth-order valence-electron chi connectivity index (χ4n) is 4.50. The molecule has 3 atom stereocenters. The first-order chi connectivity index (χ1) is 13.7. The zero-order chi connectivity index (χ0) is 20.8. The number of nitrogens with one attached hydrogen (secondary N) is 1. The van der Waals surface area contributed by atoms with Crippen LogP contribution in [0.3, 0.4) is 0 Å². The van der Waals surface area contributed by atoms with Crippen molar-refractivity contribution in [2.75, 3.05) is 11.5 Å². The molecule has 1 aliphatic rings. The number of H-pyrrole nitrogens is 1. The highest BCUT2D eigenvalue weighted by molar-refractivity contribution is 7.91. The van der Waals surface area contributed by atoms with Gasteiger partial charge in [-0.05, 0) is 30.7 Å². The average molecular weight is 429 g/mol. The molecule has 3 heterocycles. The summed E-state index contributed by atoms with van der Waals surface area (Å²) in [4.78, 5) is 7.35. The van der Waals surface area contributed by atoms with Gasteiger partial charge in [0.15, 0.2) is 21.1 Å². The molecule has 4 rings (SSSR count). The van der Waals surface area contributed by atoms with E-state index in [1.807, 2.05) is 17.4 Å². The normalized spacial score (nSPS) is 23.4. The molecular weight excluding hydrogens is 407 g/mol. The van der Waals surface area contributed by atoms with E-state index in [2.05, 4.69) is 20.2 Å². The molecule has 0 saturated heterocycles. The molecule has 0 spiro atoms. The average Bonchev–Trinajstić information content (AvgIpc) is 3.35. The number of hydrogen-bond donors (Lipinski definition) is 1. The van der Waals surface area contributed by atoms with Crippen molar-refractivity contribution in [2.45, 2.75) is 44.7 Å².